The van der Waals surface area contributed by atoms with Gasteiger partial charge >= 0.3 is 0 Å². The molecule has 0 bridgehead atoms. The number of carbonyl (C=O) groups is 2. The summed E-state index contributed by atoms with van der Waals surface area (Å²) < 4.78 is 17.1. The van der Waals surface area contributed by atoms with Gasteiger partial charge in [0, 0.05) is 15.7 Å². The van der Waals surface area contributed by atoms with Gasteiger partial charge in [-0.05, 0) is 61.0 Å². The molecule has 2 N–H and O–H groups in total. The third-order valence-electron chi connectivity index (χ3n) is 4.63. The molecule has 8 heteroatoms. The highest BCUT2D eigenvalue weighted by Crippen LogP contribution is 2.37. The topological polar surface area (TPSA) is 89.8 Å². The van der Waals surface area contributed by atoms with Crippen molar-refractivity contribution in [1.82, 2.24) is 5.32 Å². The smallest absolute Gasteiger partial charge is 0.291 e. The molecule has 0 fully saturated rings. The van der Waals surface area contributed by atoms with E-state index in [0.29, 0.717) is 36.0 Å². The number of carbonyl (C=O) groups excluding carboxylic acids is 2. The Hall–Kier alpha value is -3.26. The second-order valence-corrected chi connectivity index (χ2v) is 7.58. The van der Waals surface area contributed by atoms with Crippen molar-refractivity contribution < 1.29 is 23.5 Å². The number of hydrogen-bond acceptors (Lipinski definition) is 5. The number of ether oxygens (including phenoxy) is 2. The monoisotopic (exact) mass is 470 g/mol. The zero-order chi connectivity index (χ0) is 21.1. The summed E-state index contributed by atoms with van der Waals surface area (Å²) in [6.45, 7) is 2.91. The molecule has 1 atom stereocenters. The van der Waals surface area contributed by atoms with Crippen molar-refractivity contribution in [2.75, 3.05) is 18.5 Å². The molecule has 0 radical (unpaired) electrons. The van der Waals surface area contributed by atoms with Crippen molar-refractivity contribution >= 4 is 33.4 Å². The Labute approximate surface area is 181 Å². The minimum absolute atomic E-state index is 0.218. The molecule has 0 aliphatic carbocycles. The minimum Gasteiger partial charge on any atom is -0.486 e. The van der Waals surface area contributed by atoms with Gasteiger partial charge in [0.1, 0.15) is 13.2 Å². The second-order valence-electron chi connectivity index (χ2n) is 6.72. The summed E-state index contributed by atoms with van der Waals surface area (Å²) in [4.78, 5) is 24.7. The zero-order valence-corrected chi connectivity index (χ0v) is 17.7. The number of halogens is 1. The van der Waals surface area contributed by atoms with E-state index in [1.54, 1.807) is 36.4 Å². The highest BCUT2D eigenvalue weighted by molar-refractivity contribution is 9.10. The fourth-order valence-corrected chi connectivity index (χ4v) is 3.74. The molecule has 4 rings (SSSR count). The van der Waals surface area contributed by atoms with Gasteiger partial charge < -0.3 is 24.5 Å². The number of fused-ring (bicyclic) bond motifs is 1. The van der Waals surface area contributed by atoms with Crippen molar-refractivity contribution in [3.8, 4) is 11.5 Å². The third kappa shape index (κ3) is 4.33. The van der Waals surface area contributed by atoms with Crippen LogP contribution in [-0.2, 0) is 0 Å². The van der Waals surface area contributed by atoms with E-state index in [2.05, 4.69) is 26.6 Å². The molecular weight excluding hydrogens is 452 g/mol. The van der Waals surface area contributed by atoms with Crippen LogP contribution in [0.4, 0.5) is 5.69 Å². The summed E-state index contributed by atoms with van der Waals surface area (Å²) >= 11 is 3.54. The largest absolute Gasteiger partial charge is 0.486 e. The fourth-order valence-electron chi connectivity index (χ4n) is 3.07. The first-order valence-corrected chi connectivity index (χ1v) is 10.2. The number of anilines is 1. The van der Waals surface area contributed by atoms with Gasteiger partial charge in [-0.3, -0.25) is 9.59 Å². The summed E-state index contributed by atoms with van der Waals surface area (Å²) in [7, 11) is 0. The predicted molar refractivity (Wildman–Crippen MR) is 114 cm³/mol. The van der Waals surface area contributed by atoms with Crippen LogP contribution in [0, 0.1) is 0 Å². The first kappa shape index (κ1) is 20.0. The SMILES string of the molecule is CC(NC(=O)c1ccc(NC(=O)c2ccco2)cc1)c1cc2c(cc1Br)OCCO2. The molecule has 30 heavy (non-hydrogen) atoms. The Morgan fingerprint density at radius 2 is 1.70 bits per heavy atom. The van der Waals surface area contributed by atoms with Crippen LogP contribution in [0.25, 0.3) is 0 Å². The Morgan fingerprint density at radius 3 is 2.37 bits per heavy atom. The van der Waals surface area contributed by atoms with Crippen molar-refractivity contribution in [1.29, 1.82) is 0 Å². The molecular formula is C22H19BrN2O5. The lowest BCUT2D eigenvalue weighted by Crippen LogP contribution is -2.27. The molecule has 0 spiro atoms. The van der Waals surface area contributed by atoms with Gasteiger partial charge in [-0.2, -0.15) is 0 Å². The third-order valence-corrected chi connectivity index (χ3v) is 5.31. The summed E-state index contributed by atoms with van der Waals surface area (Å²) in [5.41, 5.74) is 1.93. The molecule has 2 aromatic carbocycles. The van der Waals surface area contributed by atoms with Gasteiger partial charge in [-0.25, -0.2) is 0 Å². The van der Waals surface area contributed by atoms with E-state index in [0.717, 1.165) is 10.0 Å². The average molecular weight is 471 g/mol. The van der Waals surface area contributed by atoms with E-state index < -0.39 is 0 Å². The second kappa shape index (κ2) is 8.62. The van der Waals surface area contributed by atoms with Crippen molar-refractivity contribution in [2.45, 2.75) is 13.0 Å². The number of nitrogens with one attached hydrogen (secondary N) is 2. The lowest BCUT2D eigenvalue weighted by atomic mass is 10.1. The quantitative estimate of drug-likeness (QED) is 0.570. The predicted octanol–water partition coefficient (Wildman–Crippen LogP) is 4.56. The average Bonchev–Trinajstić information content (AvgIpc) is 3.29. The molecule has 2 heterocycles. The molecule has 0 saturated carbocycles. The molecule has 1 unspecified atom stereocenters. The number of furan rings is 1. The number of amides is 2. The Bertz CT molecular complexity index is 1060. The molecule has 3 aromatic rings. The molecule has 2 amide bonds. The highest BCUT2D eigenvalue weighted by Gasteiger charge is 2.20. The summed E-state index contributed by atoms with van der Waals surface area (Å²) in [6, 6.07) is 13.3. The maximum atomic E-state index is 12.7. The summed E-state index contributed by atoms with van der Waals surface area (Å²) in [5, 5.41) is 5.69. The zero-order valence-electron chi connectivity index (χ0n) is 16.1. The first-order chi connectivity index (χ1) is 14.5. The van der Waals surface area contributed by atoms with Crippen LogP contribution in [-0.4, -0.2) is 25.0 Å². The lowest BCUT2D eigenvalue weighted by molar-refractivity contribution is 0.0939. The van der Waals surface area contributed by atoms with Crippen LogP contribution in [0.15, 0.2) is 63.7 Å². The summed E-state index contributed by atoms with van der Waals surface area (Å²) in [5.74, 6) is 0.984. The highest BCUT2D eigenvalue weighted by atomic mass is 79.9. The van der Waals surface area contributed by atoms with E-state index in [1.807, 2.05) is 19.1 Å². The number of hydrogen-bond donors (Lipinski definition) is 2. The molecule has 154 valence electrons. The molecule has 0 saturated heterocycles. The molecule has 1 aromatic heterocycles. The Balaban J connectivity index is 1.42. The van der Waals surface area contributed by atoms with E-state index in [-0.39, 0.29) is 23.6 Å². The number of rotatable bonds is 5. The maximum Gasteiger partial charge on any atom is 0.291 e. The first-order valence-electron chi connectivity index (χ1n) is 9.36. The van der Waals surface area contributed by atoms with E-state index in [1.165, 1.54) is 6.26 Å². The van der Waals surface area contributed by atoms with Crippen LogP contribution in [0.1, 0.15) is 39.4 Å². The van der Waals surface area contributed by atoms with Crippen LogP contribution in [0.3, 0.4) is 0 Å². The van der Waals surface area contributed by atoms with Gasteiger partial charge in [0.05, 0.1) is 12.3 Å². The maximum absolute atomic E-state index is 12.7. The lowest BCUT2D eigenvalue weighted by Gasteiger charge is -2.22. The van der Waals surface area contributed by atoms with Crippen molar-refractivity contribution in [3.63, 3.8) is 0 Å². The molecule has 7 nitrogen and oxygen atoms in total. The van der Waals surface area contributed by atoms with E-state index >= 15 is 0 Å². The van der Waals surface area contributed by atoms with Gasteiger partial charge in [-0.1, -0.05) is 15.9 Å². The van der Waals surface area contributed by atoms with Crippen molar-refractivity contribution in [3.05, 3.63) is 76.2 Å². The standard InChI is InChI=1S/C22H19BrN2O5/c1-13(16-11-19-20(12-17(16)23)30-10-9-29-19)24-21(26)14-4-6-15(7-5-14)25-22(27)18-3-2-8-28-18/h2-8,11-13H,9-10H2,1H3,(H,24,26)(H,25,27). The van der Waals surface area contributed by atoms with Gasteiger partial charge in [-0.15, -0.1) is 0 Å². The van der Waals surface area contributed by atoms with Crippen LogP contribution < -0.4 is 20.1 Å². The van der Waals surface area contributed by atoms with Gasteiger partial charge in [0.15, 0.2) is 17.3 Å². The minimum atomic E-state index is -0.353. The fraction of sp³-hybridized carbons (Fsp3) is 0.182. The van der Waals surface area contributed by atoms with Crippen LogP contribution in [0.2, 0.25) is 0 Å². The number of benzene rings is 2. The molecule has 1 aliphatic heterocycles. The Morgan fingerprint density at radius 1 is 1.00 bits per heavy atom. The van der Waals surface area contributed by atoms with Gasteiger partial charge in [0.25, 0.3) is 11.8 Å². The van der Waals surface area contributed by atoms with Gasteiger partial charge in [0.2, 0.25) is 0 Å². The van der Waals surface area contributed by atoms with Crippen LogP contribution >= 0.6 is 15.9 Å². The summed E-state index contributed by atoms with van der Waals surface area (Å²) in [6.07, 6.45) is 1.43. The van der Waals surface area contributed by atoms with Crippen LogP contribution in [0.5, 0.6) is 11.5 Å². The van der Waals surface area contributed by atoms with Crippen molar-refractivity contribution in [2.24, 2.45) is 0 Å². The van der Waals surface area contributed by atoms with E-state index in [4.69, 9.17) is 13.9 Å². The van der Waals surface area contributed by atoms with E-state index in [9.17, 15) is 9.59 Å². The molecule has 1 aliphatic rings. The normalized spacial score (nSPS) is 13.4. The Kier molecular flexibility index (Phi) is 5.76.